The van der Waals surface area contributed by atoms with Crippen LogP contribution >= 0.6 is 0 Å². The molecule has 166 valence electrons. The summed E-state index contributed by atoms with van der Waals surface area (Å²) >= 11 is 0. The Morgan fingerprint density at radius 2 is 1.07 bits per heavy atom. The highest BCUT2D eigenvalue weighted by Crippen LogP contribution is 2.35. The highest BCUT2D eigenvalue weighted by Gasteiger charge is 2.24. The van der Waals surface area contributed by atoms with Gasteiger partial charge in [-0.15, -0.1) is 0 Å². The largest absolute Gasteiger partial charge is 0.469 e. The van der Waals surface area contributed by atoms with Crippen molar-refractivity contribution in [3.8, 4) is 0 Å². The monoisotopic (exact) mass is 402 g/mol. The zero-order chi connectivity index (χ0) is 22.5. The van der Waals surface area contributed by atoms with Gasteiger partial charge in [-0.2, -0.15) is 0 Å². The predicted octanol–water partition coefficient (Wildman–Crippen LogP) is 9.09. The molecule has 0 unspecified atom stereocenters. The fourth-order valence-corrected chi connectivity index (χ4v) is 4.47. The SMILES string of the molecule is CC(C)c1coc(C(C(C)C)C(C)C)c1.Cc1cc(C(C(C)C)C(C)C)oc1C. The first kappa shape index (κ1) is 25.6. The van der Waals surface area contributed by atoms with Crippen molar-refractivity contribution in [2.45, 2.75) is 101 Å². The Labute approximate surface area is 180 Å². The molecule has 0 saturated carbocycles. The molecule has 2 rings (SSSR count). The number of rotatable bonds is 7. The second kappa shape index (κ2) is 11.1. The van der Waals surface area contributed by atoms with Gasteiger partial charge in [0.05, 0.1) is 6.26 Å². The fraction of sp³-hybridized carbons (Fsp3) is 0.704. The first-order valence-electron chi connectivity index (χ1n) is 11.5. The lowest BCUT2D eigenvalue weighted by Gasteiger charge is -2.22. The number of hydrogen-bond donors (Lipinski definition) is 0. The summed E-state index contributed by atoms with van der Waals surface area (Å²) in [5.41, 5.74) is 2.59. The van der Waals surface area contributed by atoms with Crippen LogP contribution in [0.2, 0.25) is 0 Å². The third-order valence-electron chi connectivity index (χ3n) is 6.02. The van der Waals surface area contributed by atoms with E-state index in [9.17, 15) is 0 Å². The van der Waals surface area contributed by atoms with Crippen molar-refractivity contribution in [3.63, 3.8) is 0 Å². The average Bonchev–Trinajstić information content (AvgIpc) is 3.14. The first-order chi connectivity index (χ1) is 13.4. The summed E-state index contributed by atoms with van der Waals surface area (Å²) in [6.07, 6.45) is 1.91. The van der Waals surface area contributed by atoms with Gasteiger partial charge in [-0.1, -0.05) is 69.2 Å². The van der Waals surface area contributed by atoms with Crippen LogP contribution in [0.15, 0.2) is 27.2 Å². The molecule has 0 aliphatic carbocycles. The predicted molar refractivity (Wildman–Crippen MR) is 126 cm³/mol. The standard InChI is InChI=1S/C14H24O.C13H22O/c1-9(2)12-7-13(15-8-12)14(10(3)4)11(5)6;1-8(2)13(9(3)4)12-7-10(5)11(6)14-12/h7-11,14H,1-6H3;7-9,13H,1-6H3. The Kier molecular flexibility index (Phi) is 9.79. The summed E-state index contributed by atoms with van der Waals surface area (Å²) in [5.74, 6) is 7.56. The van der Waals surface area contributed by atoms with Gasteiger partial charge in [0, 0.05) is 11.8 Å². The van der Waals surface area contributed by atoms with Crippen molar-refractivity contribution in [1.82, 2.24) is 0 Å². The smallest absolute Gasteiger partial charge is 0.108 e. The lowest BCUT2D eigenvalue weighted by Crippen LogP contribution is -2.12. The highest BCUT2D eigenvalue weighted by atomic mass is 16.3. The maximum absolute atomic E-state index is 5.80. The molecule has 0 atom stereocenters. The van der Waals surface area contributed by atoms with E-state index in [2.05, 4.69) is 88.3 Å². The van der Waals surface area contributed by atoms with Crippen LogP contribution in [0.1, 0.15) is 115 Å². The molecule has 0 aromatic carbocycles. The Morgan fingerprint density at radius 1 is 0.621 bits per heavy atom. The first-order valence-corrected chi connectivity index (χ1v) is 11.5. The molecule has 2 heterocycles. The molecular weight excluding hydrogens is 356 g/mol. The number of aryl methyl sites for hydroxylation is 2. The topological polar surface area (TPSA) is 26.3 Å². The third kappa shape index (κ3) is 7.08. The van der Waals surface area contributed by atoms with Crippen molar-refractivity contribution < 1.29 is 8.83 Å². The van der Waals surface area contributed by atoms with E-state index in [1.54, 1.807) is 0 Å². The normalized spacial score (nSPS) is 12.2. The molecule has 0 bridgehead atoms. The van der Waals surface area contributed by atoms with Crippen LogP contribution < -0.4 is 0 Å². The summed E-state index contributed by atoms with van der Waals surface area (Å²) in [6, 6.07) is 4.43. The summed E-state index contributed by atoms with van der Waals surface area (Å²) in [4.78, 5) is 0. The third-order valence-corrected chi connectivity index (χ3v) is 6.02. The fourth-order valence-electron chi connectivity index (χ4n) is 4.47. The van der Waals surface area contributed by atoms with Gasteiger partial charge >= 0.3 is 0 Å². The molecule has 0 aliphatic rings. The maximum Gasteiger partial charge on any atom is 0.108 e. The van der Waals surface area contributed by atoms with Crippen LogP contribution in [-0.4, -0.2) is 0 Å². The molecule has 0 spiro atoms. The molecule has 2 nitrogen and oxygen atoms in total. The Morgan fingerprint density at radius 3 is 1.38 bits per heavy atom. The minimum absolute atomic E-state index is 0.539. The van der Waals surface area contributed by atoms with Crippen LogP contribution in [0.3, 0.4) is 0 Å². The van der Waals surface area contributed by atoms with Gasteiger partial charge in [0.15, 0.2) is 0 Å². The molecule has 0 aliphatic heterocycles. The number of furan rings is 2. The van der Waals surface area contributed by atoms with Gasteiger partial charge in [0.1, 0.15) is 17.3 Å². The van der Waals surface area contributed by atoms with Gasteiger partial charge in [-0.25, -0.2) is 0 Å². The second-order valence-corrected chi connectivity index (χ2v) is 10.4. The molecule has 0 N–H and O–H groups in total. The molecule has 0 fully saturated rings. The van der Waals surface area contributed by atoms with Gasteiger partial charge in [0.25, 0.3) is 0 Å². The van der Waals surface area contributed by atoms with Crippen molar-refractivity contribution in [2.24, 2.45) is 23.7 Å². The van der Waals surface area contributed by atoms with Crippen LogP contribution in [0.5, 0.6) is 0 Å². The lowest BCUT2D eigenvalue weighted by molar-refractivity contribution is 0.319. The van der Waals surface area contributed by atoms with Gasteiger partial charge in [-0.05, 0) is 66.7 Å². The van der Waals surface area contributed by atoms with Crippen LogP contribution in [-0.2, 0) is 0 Å². The van der Waals surface area contributed by atoms with Crippen molar-refractivity contribution in [1.29, 1.82) is 0 Å². The van der Waals surface area contributed by atoms with E-state index < -0.39 is 0 Å². The van der Waals surface area contributed by atoms with E-state index in [4.69, 9.17) is 8.83 Å². The molecule has 0 radical (unpaired) electrons. The summed E-state index contributed by atoms with van der Waals surface area (Å²) < 4.78 is 11.5. The quantitative estimate of drug-likeness (QED) is 0.461. The zero-order valence-corrected chi connectivity index (χ0v) is 21.1. The van der Waals surface area contributed by atoms with E-state index in [-0.39, 0.29) is 0 Å². The Balaban J connectivity index is 0.000000291. The van der Waals surface area contributed by atoms with Crippen LogP contribution in [0.4, 0.5) is 0 Å². The van der Waals surface area contributed by atoms with Crippen LogP contribution in [0.25, 0.3) is 0 Å². The molecule has 2 heteroatoms. The second-order valence-electron chi connectivity index (χ2n) is 10.4. The maximum atomic E-state index is 5.80. The van der Waals surface area contributed by atoms with Gasteiger partial charge in [0.2, 0.25) is 0 Å². The van der Waals surface area contributed by atoms with Crippen molar-refractivity contribution in [2.75, 3.05) is 0 Å². The molecule has 2 aromatic heterocycles. The summed E-state index contributed by atoms with van der Waals surface area (Å²) in [7, 11) is 0. The zero-order valence-electron chi connectivity index (χ0n) is 21.1. The average molecular weight is 403 g/mol. The van der Waals surface area contributed by atoms with E-state index >= 15 is 0 Å². The van der Waals surface area contributed by atoms with Gasteiger partial charge in [-0.3, -0.25) is 0 Å². The van der Waals surface area contributed by atoms with Gasteiger partial charge < -0.3 is 8.83 Å². The van der Waals surface area contributed by atoms with Crippen molar-refractivity contribution >= 4 is 0 Å². The van der Waals surface area contributed by atoms with Crippen LogP contribution in [0, 0.1) is 37.5 Å². The summed E-state index contributed by atoms with van der Waals surface area (Å²) in [5, 5.41) is 0. The van der Waals surface area contributed by atoms with E-state index in [0.717, 1.165) is 17.3 Å². The van der Waals surface area contributed by atoms with E-state index in [0.29, 0.717) is 41.4 Å². The lowest BCUT2D eigenvalue weighted by atomic mass is 9.83. The minimum atomic E-state index is 0.539. The molecule has 0 amide bonds. The summed E-state index contributed by atoms with van der Waals surface area (Å²) in [6.45, 7) is 26.7. The molecule has 2 aromatic rings. The highest BCUT2D eigenvalue weighted by molar-refractivity contribution is 5.22. The Hall–Kier alpha value is -1.44. The Bertz CT molecular complexity index is 677. The minimum Gasteiger partial charge on any atom is -0.469 e. The molecular formula is C27H46O2. The van der Waals surface area contributed by atoms with Crippen molar-refractivity contribution in [3.05, 3.63) is 46.8 Å². The van der Waals surface area contributed by atoms with E-state index in [1.165, 1.54) is 11.1 Å². The molecule has 0 saturated heterocycles. The van der Waals surface area contributed by atoms with E-state index in [1.807, 2.05) is 13.2 Å². The number of hydrogen-bond acceptors (Lipinski definition) is 2. The molecule has 29 heavy (non-hydrogen) atoms.